The Morgan fingerprint density at radius 1 is 1.24 bits per heavy atom. The second-order valence-electron chi connectivity index (χ2n) is 6.87. The molecule has 1 fully saturated rings. The molecule has 0 amide bonds. The molecule has 0 saturated heterocycles. The summed E-state index contributed by atoms with van der Waals surface area (Å²) in [6.45, 7) is 9.44. The molecule has 0 aliphatic heterocycles. The van der Waals surface area contributed by atoms with Gasteiger partial charge >= 0.3 is 0 Å². The van der Waals surface area contributed by atoms with Gasteiger partial charge in [0.1, 0.15) is 0 Å². The smallest absolute Gasteiger partial charge is 0.0180 e. The minimum Gasteiger partial charge on any atom is -0.314 e. The third-order valence-corrected chi connectivity index (χ3v) is 6.02. The Morgan fingerprint density at radius 2 is 2.00 bits per heavy atom. The number of rotatable bonds is 10. The Balaban J connectivity index is 2.58. The van der Waals surface area contributed by atoms with E-state index in [-0.39, 0.29) is 0 Å². The van der Waals surface area contributed by atoms with Crippen LogP contribution in [0.2, 0.25) is 0 Å². The van der Waals surface area contributed by atoms with Crippen LogP contribution in [0.15, 0.2) is 0 Å². The van der Waals surface area contributed by atoms with Gasteiger partial charge in [0.25, 0.3) is 0 Å². The summed E-state index contributed by atoms with van der Waals surface area (Å²) in [7, 11) is 2.34. The minimum atomic E-state index is 0.744. The maximum atomic E-state index is 3.83. The van der Waals surface area contributed by atoms with Crippen molar-refractivity contribution in [1.29, 1.82) is 0 Å². The van der Waals surface area contributed by atoms with E-state index in [1.807, 2.05) is 11.8 Å². The van der Waals surface area contributed by atoms with Gasteiger partial charge in [-0.2, -0.15) is 11.8 Å². The van der Waals surface area contributed by atoms with Crippen molar-refractivity contribution in [1.82, 2.24) is 10.2 Å². The molecule has 4 atom stereocenters. The molecule has 0 aromatic carbocycles. The molecule has 0 radical (unpaired) electrons. The molecule has 0 bridgehead atoms. The fourth-order valence-electron chi connectivity index (χ4n) is 3.80. The lowest BCUT2D eigenvalue weighted by atomic mass is 9.76. The molecular weight excluding hydrogens is 276 g/mol. The quantitative estimate of drug-likeness (QED) is 0.649. The topological polar surface area (TPSA) is 15.3 Å². The molecule has 1 N–H and O–H groups in total. The Bertz CT molecular complexity index is 260. The van der Waals surface area contributed by atoms with Gasteiger partial charge in [-0.25, -0.2) is 0 Å². The molecule has 3 heteroatoms. The molecule has 21 heavy (non-hydrogen) atoms. The molecule has 1 rings (SSSR count). The average Bonchev–Trinajstić information content (AvgIpc) is 2.51. The van der Waals surface area contributed by atoms with Crippen LogP contribution in [0.5, 0.6) is 0 Å². The molecule has 1 aliphatic carbocycles. The molecule has 0 heterocycles. The highest BCUT2D eigenvalue weighted by Gasteiger charge is 2.31. The van der Waals surface area contributed by atoms with Crippen molar-refractivity contribution in [3.05, 3.63) is 0 Å². The van der Waals surface area contributed by atoms with Gasteiger partial charge in [-0.3, -0.25) is 0 Å². The fourth-order valence-corrected chi connectivity index (χ4v) is 4.68. The maximum Gasteiger partial charge on any atom is 0.0180 e. The first kappa shape index (κ1) is 19.3. The zero-order valence-corrected chi connectivity index (χ0v) is 15.8. The summed E-state index contributed by atoms with van der Waals surface area (Å²) in [5, 5.41) is 3.83. The van der Waals surface area contributed by atoms with Gasteiger partial charge in [-0.15, -0.1) is 0 Å². The van der Waals surface area contributed by atoms with Crippen LogP contribution >= 0.6 is 11.8 Å². The second-order valence-corrected chi connectivity index (χ2v) is 7.78. The van der Waals surface area contributed by atoms with Crippen LogP contribution in [0.4, 0.5) is 0 Å². The second kappa shape index (κ2) is 10.9. The molecule has 126 valence electrons. The standard InChI is InChI=1S/C18H38N2S/c1-6-11-19-18-10-9-15(7-2)12-16(18)13-20(4)17(8-3)14-21-5/h15-19H,6-14H2,1-5H3. The van der Waals surface area contributed by atoms with Crippen LogP contribution in [0, 0.1) is 11.8 Å². The van der Waals surface area contributed by atoms with Crippen LogP contribution in [0.25, 0.3) is 0 Å². The van der Waals surface area contributed by atoms with Gasteiger partial charge in [0.2, 0.25) is 0 Å². The maximum absolute atomic E-state index is 3.83. The Morgan fingerprint density at radius 3 is 2.57 bits per heavy atom. The highest BCUT2D eigenvalue weighted by Crippen LogP contribution is 2.32. The number of hydrogen-bond acceptors (Lipinski definition) is 3. The van der Waals surface area contributed by atoms with Crippen molar-refractivity contribution in [2.24, 2.45) is 11.8 Å². The zero-order chi connectivity index (χ0) is 15.7. The monoisotopic (exact) mass is 314 g/mol. The summed E-state index contributed by atoms with van der Waals surface area (Å²) in [5.41, 5.74) is 0. The largest absolute Gasteiger partial charge is 0.314 e. The van der Waals surface area contributed by atoms with Crippen LogP contribution in [0.3, 0.4) is 0 Å². The Kier molecular flexibility index (Phi) is 10.0. The average molecular weight is 315 g/mol. The predicted octanol–water partition coefficient (Wildman–Crippen LogP) is 4.25. The lowest BCUT2D eigenvalue weighted by Gasteiger charge is -2.40. The number of nitrogens with zero attached hydrogens (tertiary/aromatic N) is 1. The van der Waals surface area contributed by atoms with Crippen molar-refractivity contribution in [2.45, 2.75) is 71.4 Å². The van der Waals surface area contributed by atoms with E-state index in [1.165, 1.54) is 57.4 Å². The Hall–Kier alpha value is 0.270. The molecule has 0 aromatic heterocycles. The van der Waals surface area contributed by atoms with Gasteiger partial charge in [-0.1, -0.05) is 27.2 Å². The van der Waals surface area contributed by atoms with Crippen LogP contribution in [-0.2, 0) is 0 Å². The van der Waals surface area contributed by atoms with Gasteiger partial charge in [0.15, 0.2) is 0 Å². The number of thioether (sulfide) groups is 1. The van der Waals surface area contributed by atoms with Crippen molar-refractivity contribution in [3.8, 4) is 0 Å². The fraction of sp³-hybridized carbons (Fsp3) is 1.00. The van der Waals surface area contributed by atoms with Gasteiger partial charge in [0.05, 0.1) is 0 Å². The summed E-state index contributed by atoms with van der Waals surface area (Å²) in [6, 6.07) is 1.50. The molecule has 0 spiro atoms. The van der Waals surface area contributed by atoms with Crippen LogP contribution in [-0.4, -0.2) is 49.1 Å². The first-order chi connectivity index (χ1) is 10.2. The third-order valence-electron chi connectivity index (χ3n) is 5.30. The van der Waals surface area contributed by atoms with Crippen LogP contribution < -0.4 is 5.32 Å². The van der Waals surface area contributed by atoms with Gasteiger partial charge < -0.3 is 10.2 Å². The zero-order valence-electron chi connectivity index (χ0n) is 15.0. The number of hydrogen-bond donors (Lipinski definition) is 1. The summed E-state index contributed by atoms with van der Waals surface area (Å²) in [6.07, 6.45) is 10.4. The molecule has 1 saturated carbocycles. The lowest BCUT2D eigenvalue weighted by molar-refractivity contribution is 0.132. The van der Waals surface area contributed by atoms with Crippen LogP contribution in [0.1, 0.15) is 59.3 Å². The van der Waals surface area contributed by atoms with E-state index in [1.54, 1.807) is 0 Å². The highest BCUT2D eigenvalue weighted by molar-refractivity contribution is 7.98. The van der Waals surface area contributed by atoms with Crippen molar-refractivity contribution < 1.29 is 0 Å². The summed E-state index contributed by atoms with van der Waals surface area (Å²) < 4.78 is 0. The molecule has 2 nitrogen and oxygen atoms in total. The third kappa shape index (κ3) is 6.50. The minimum absolute atomic E-state index is 0.744. The van der Waals surface area contributed by atoms with E-state index in [9.17, 15) is 0 Å². The van der Waals surface area contributed by atoms with Gasteiger partial charge in [0, 0.05) is 24.4 Å². The molecular formula is C18H38N2S. The van der Waals surface area contributed by atoms with Crippen molar-refractivity contribution in [3.63, 3.8) is 0 Å². The first-order valence-corrected chi connectivity index (χ1v) is 10.5. The van der Waals surface area contributed by atoms with E-state index < -0.39 is 0 Å². The highest BCUT2D eigenvalue weighted by atomic mass is 32.2. The molecule has 4 unspecified atom stereocenters. The van der Waals surface area contributed by atoms with E-state index in [0.717, 1.165) is 23.9 Å². The normalized spacial score (nSPS) is 28.0. The molecule has 1 aliphatic rings. The SMILES string of the molecule is CCCNC1CCC(CC)CC1CN(C)C(CC)CSC. The van der Waals surface area contributed by atoms with Gasteiger partial charge in [-0.05, 0) is 63.8 Å². The van der Waals surface area contributed by atoms with E-state index in [2.05, 4.69) is 44.3 Å². The first-order valence-electron chi connectivity index (χ1n) is 9.08. The van der Waals surface area contributed by atoms with E-state index >= 15 is 0 Å². The predicted molar refractivity (Wildman–Crippen MR) is 98.3 cm³/mol. The molecule has 0 aromatic rings. The van der Waals surface area contributed by atoms with Crippen molar-refractivity contribution in [2.75, 3.05) is 32.1 Å². The summed E-state index contributed by atoms with van der Waals surface area (Å²) >= 11 is 1.99. The summed E-state index contributed by atoms with van der Waals surface area (Å²) in [5.74, 6) is 3.07. The summed E-state index contributed by atoms with van der Waals surface area (Å²) in [4.78, 5) is 2.64. The van der Waals surface area contributed by atoms with E-state index in [0.29, 0.717) is 0 Å². The number of nitrogens with one attached hydrogen (secondary N) is 1. The van der Waals surface area contributed by atoms with Crippen molar-refractivity contribution >= 4 is 11.8 Å². The Labute approximate surface area is 137 Å². The van der Waals surface area contributed by atoms with E-state index in [4.69, 9.17) is 0 Å². The lowest BCUT2D eigenvalue weighted by Crippen LogP contribution is -2.47.